The number of amides is 1. The first kappa shape index (κ1) is 37.1. The number of hydrogen-bond acceptors (Lipinski definition) is 13. The van der Waals surface area contributed by atoms with Gasteiger partial charge in [0.2, 0.25) is 5.91 Å². The van der Waals surface area contributed by atoms with Gasteiger partial charge in [0.05, 0.1) is 17.3 Å². The van der Waals surface area contributed by atoms with Crippen molar-refractivity contribution in [1.82, 2.24) is 15.3 Å². The maximum absolute atomic E-state index is 12.3. The summed E-state index contributed by atoms with van der Waals surface area (Å²) in [4.78, 5) is 33.6. The van der Waals surface area contributed by atoms with Crippen molar-refractivity contribution >= 4 is 52.4 Å². The first-order valence-corrected chi connectivity index (χ1v) is 17.5. The van der Waals surface area contributed by atoms with E-state index in [9.17, 15) is 20.1 Å². The second-order valence-corrected chi connectivity index (χ2v) is 13.0. The Balaban J connectivity index is 1.36. The number of aromatic nitrogens is 2. The van der Waals surface area contributed by atoms with Crippen molar-refractivity contribution in [3.63, 3.8) is 0 Å². The van der Waals surface area contributed by atoms with Crippen LogP contribution in [0.5, 0.6) is 5.75 Å². The molecule has 49 heavy (non-hydrogen) atoms. The Morgan fingerprint density at radius 2 is 1.71 bits per heavy atom. The molecule has 4 rings (SSSR count). The van der Waals surface area contributed by atoms with Crippen LogP contribution >= 0.6 is 34.7 Å². The highest BCUT2D eigenvalue weighted by Gasteiger charge is 2.22. The van der Waals surface area contributed by atoms with Crippen molar-refractivity contribution in [2.24, 2.45) is 11.5 Å². The minimum absolute atomic E-state index is 0.0141. The van der Waals surface area contributed by atoms with Crippen LogP contribution in [-0.4, -0.2) is 53.7 Å². The number of hydrogen-bond donors (Lipinski definition) is 4. The molecule has 0 aliphatic heterocycles. The van der Waals surface area contributed by atoms with Crippen molar-refractivity contribution in [3.8, 4) is 39.6 Å². The van der Waals surface area contributed by atoms with E-state index in [0.717, 1.165) is 29.1 Å². The highest BCUT2D eigenvalue weighted by molar-refractivity contribution is 7.98. The maximum atomic E-state index is 12.3. The summed E-state index contributed by atoms with van der Waals surface area (Å²) in [6.07, 6.45) is 1.96. The maximum Gasteiger partial charge on any atom is 0.328 e. The van der Waals surface area contributed by atoms with E-state index in [4.69, 9.17) is 43.3 Å². The van der Waals surface area contributed by atoms with Crippen molar-refractivity contribution in [2.45, 2.75) is 49.0 Å². The number of rotatable bonds is 16. The zero-order valence-corrected chi connectivity index (χ0v) is 29.0. The molecule has 0 spiro atoms. The lowest BCUT2D eigenvalue weighted by Gasteiger charge is -2.17. The smallest absolute Gasteiger partial charge is 0.328 e. The van der Waals surface area contributed by atoms with Gasteiger partial charge in [-0.25, -0.2) is 14.8 Å². The van der Waals surface area contributed by atoms with Gasteiger partial charge < -0.3 is 32.0 Å². The third-order valence-electron chi connectivity index (χ3n) is 7.17. The summed E-state index contributed by atoms with van der Waals surface area (Å²) in [7, 11) is 0. The number of unbranched alkanes of at least 4 members (excludes halogenated alkanes) is 1. The topological polar surface area (TPSA) is 216 Å². The summed E-state index contributed by atoms with van der Waals surface area (Å²) in [5.41, 5.74) is 20.6. The Bertz CT molecular complexity index is 1840. The van der Waals surface area contributed by atoms with E-state index in [1.54, 1.807) is 24.3 Å². The summed E-state index contributed by atoms with van der Waals surface area (Å²) >= 11 is 8.81. The standard InChI is InChI=1S/C34H35ClN8O4S2/c1-20(41-31(44)28(39)4-2-3-13-36)34(45)47-15-14-46-25-11-7-21(8-12-25)29-26(16-37)30(40)43-33(27(29)17-38)49-19-24-18-48-32(42-24)22-5-9-23(35)10-6-22/h5-12,18,20,28H,2-4,13-15,19,36,39H2,1H3,(H2,40,43)(H,41,44). The molecule has 15 heteroatoms. The third-order valence-corrected chi connectivity index (χ3v) is 9.37. The number of ether oxygens (including phenoxy) is 2. The number of nitrogens with one attached hydrogen (secondary N) is 1. The molecule has 2 atom stereocenters. The number of pyridine rings is 1. The molecule has 1 amide bonds. The van der Waals surface area contributed by atoms with E-state index >= 15 is 0 Å². The van der Waals surface area contributed by atoms with Gasteiger partial charge in [0.25, 0.3) is 0 Å². The predicted octanol–water partition coefficient (Wildman–Crippen LogP) is 5.03. The average molecular weight is 719 g/mol. The molecule has 2 heterocycles. The molecular formula is C34H35ClN8O4S2. The molecule has 0 saturated heterocycles. The summed E-state index contributed by atoms with van der Waals surface area (Å²) in [6.45, 7) is 2.04. The molecule has 2 aromatic carbocycles. The molecule has 0 bridgehead atoms. The van der Waals surface area contributed by atoms with Crippen molar-refractivity contribution < 1.29 is 19.1 Å². The lowest BCUT2D eigenvalue weighted by molar-refractivity contribution is -0.148. The molecule has 0 aliphatic rings. The zero-order chi connectivity index (χ0) is 35.3. The largest absolute Gasteiger partial charge is 0.490 e. The Hall–Kier alpha value is -4.70. The normalized spacial score (nSPS) is 12.0. The summed E-state index contributed by atoms with van der Waals surface area (Å²) < 4.78 is 10.9. The minimum atomic E-state index is -0.875. The molecule has 254 valence electrons. The van der Waals surface area contributed by atoms with Crippen LogP contribution in [0.3, 0.4) is 0 Å². The molecule has 0 saturated carbocycles. The van der Waals surface area contributed by atoms with Gasteiger partial charge in [-0.3, -0.25) is 4.79 Å². The van der Waals surface area contributed by atoms with Crippen LogP contribution in [0.4, 0.5) is 5.82 Å². The summed E-state index contributed by atoms with van der Waals surface area (Å²) in [5.74, 6) is -0.127. The Morgan fingerprint density at radius 3 is 2.39 bits per heavy atom. The molecule has 0 radical (unpaired) electrons. The summed E-state index contributed by atoms with van der Waals surface area (Å²) in [5, 5.41) is 26.4. The Labute approximate surface area is 297 Å². The highest BCUT2D eigenvalue weighted by atomic mass is 35.5. The average Bonchev–Trinajstić information content (AvgIpc) is 3.58. The number of esters is 1. The molecule has 0 aliphatic carbocycles. The molecule has 2 aromatic heterocycles. The second-order valence-electron chi connectivity index (χ2n) is 10.8. The zero-order valence-electron chi connectivity index (χ0n) is 26.6. The molecule has 7 N–H and O–H groups in total. The van der Waals surface area contributed by atoms with Crippen LogP contribution in [0.15, 0.2) is 58.9 Å². The van der Waals surface area contributed by atoms with Gasteiger partial charge >= 0.3 is 5.97 Å². The number of anilines is 1. The number of thiazole rings is 1. The van der Waals surface area contributed by atoms with Crippen LogP contribution < -0.4 is 27.3 Å². The van der Waals surface area contributed by atoms with Crippen LogP contribution in [0.25, 0.3) is 21.7 Å². The van der Waals surface area contributed by atoms with Crippen LogP contribution in [0.1, 0.15) is 43.0 Å². The third kappa shape index (κ3) is 10.2. The number of nitriles is 2. The SMILES string of the molecule is CC(NC(=O)C(N)CCCCN)C(=O)OCCOc1ccc(-c2c(C#N)c(N)nc(SCc3csc(-c4ccc(Cl)cc4)n3)c2C#N)cc1. The highest BCUT2D eigenvalue weighted by Crippen LogP contribution is 2.37. The van der Waals surface area contributed by atoms with E-state index in [0.29, 0.717) is 45.6 Å². The van der Waals surface area contributed by atoms with Gasteiger partial charge in [-0.15, -0.1) is 11.3 Å². The molecule has 4 aromatic rings. The lowest BCUT2D eigenvalue weighted by atomic mass is 9.97. The fraction of sp³-hybridized carbons (Fsp3) is 0.294. The van der Waals surface area contributed by atoms with Crippen molar-refractivity contribution in [1.29, 1.82) is 10.5 Å². The van der Waals surface area contributed by atoms with Crippen LogP contribution in [0, 0.1) is 22.7 Å². The fourth-order valence-corrected chi connectivity index (χ4v) is 6.54. The van der Waals surface area contributed by atoms with E-state index in [1.807, 2.05) is 29.6 Å². The molecular weight excluding hydrogens is 684 g/mol. The molecule has 2 unspecified atom stereocenters. The lowest BCUT2D eigenvalue weighted by Crippen LogP contribution is -2.47. The number of nitrogen functional groups attached to an aromatic ring is 1. The number of thioether (sulfide) groups is 1. The Kier molecular flexibility index (Phi) is 13.8. The second kappa shape index (κ2) is 18.2. The quantitative estimate of drug-likeness (QED) is 0.0682. The van der Waals surface area contributed by atoms with Gasteiger partial charge in [0, 0.05) is 27.3 Å². The number of halogens is 1. The minimum Gasteiger partial charge on any atom is -0.490 e. The van der Waals surface area contributed by atoms with Gasteiger partial charge in [-0.1, -0.05) is 54.0 Å². The van der Waals surface area contributed by atoms with Crippen LogP contribution in [-0.2, 0) is 20.1 Å². The van der Waals surface area contributed by atoms with Gasteiger partial charge in [-0.05, 0) is 56.1 Å². The number of carbonyl (C=O) groups is 2. The number of nitrogens with zero attached hydrogens (tertiary/aromatic N) is 4. The predicted molar refractivity (Wildman–Crippen MR) is 191 cm³/mol. The van der Waals surface area contributed by atoms with Gasteiger partial charge in [-0.2, -0.15) is 10.5 Å². The number of carbonyl (C=O) groups excluding carboxylic acids is 2. The van der Waals surface area contributed by atoms with E-state index < -0.39 is 24.0 Å². The first-order valence-electron chi connectivity index (χ1n) is 15.3. The van der Waals surface area contributed by atoms with E-state index in [1.165, 1.54) is 30.0 Å². The monoisotopic (exact) mass is 718 g/mol. The van der Waals surface area contributed by atoms with E-state index in [2.05, 4.69) is 22.4 Å². The molecule has 0 fully saturated rings. The van der Waals surface area contributed by atoms with Gasteiger partial charge in [0.15, 0.2) is 0 Å². The number of nitrogens with two attached hydrogens (primary N) is 3. The van der Waals surface area contributed by atoms with E-state index in [-0.39, 0.29) is 30.2 Å². The first-order chi connectivity index (χ1) is 23.6. The van der Waals surface area contributed by atoms with Crippen LogP contribution in [0.2, 0.25) is 5.02 Å². The number of benzene rings is 2. The van der Waals surface area contributed by atoms with Crippen molar-refractivity contribution in [2.75, 3.05) is 25.5 Å². The molecule has 12 nitrogen and oxygen atoms in total. The van der Waals surface area contributed by atoms with Crippen molar-refractivity contribution in [3.05, 3.63) is 75.8 Å². The Morgan fingerprint density at radius 1 is 1.02 bits per heavy atom. The van der Waals surface area contributed by atoms with Gasteiger partial charge in [0.1, 0.15) is 58.6 Å². The fourth-order valence-electron chi connectivity index (χ4n) is 4.60. The summed E-state index contributed by atoms with van der Waals surface area (Å²) in [6, 6.07) is 16.9.